The van der Waals surface area contributed by atoms with Crippen LogP contribution < -0.4 is 0 Å². The largest absolute Gasteiger partial charge is 0.396 e. The first-order chi connectivity index (χ1) is 5.55. The van der Waals surface area contributed by atoms with E-state index in [-0.39, 0.29) is 0 Å². The summed E-state index contributed by atoms with van der Waals surface area (Å²) in [6.07, 6.45) is 6.97. The number of rotatable bonds is 2. The van der Waals surface area contributed by atoms with Crippen LogP contribution in [0.15, 0.2) is 12.2 Å². The van der Waals surface area contributed by atoms with Gasteiger partial charge in [0.25, 0.3) is 0 Å². The molecule has 2 unspecified atom stereocenters. The van der Waals surface area contributed by atoms with Crippen LogP contribution in [-0.2, 0) is 0 Å². The lowest BCUT2D eigenvalue weighted by Gasteiger charge is -2.35. The van der Waals surface area contributed by atoms with E-state index in [0.717, 1.165) is 6.42 Å². The molecule has 0 aromatic carbocycles. The highest BCUT2D eigenvalue weighted by molar-refractivity contribution is 6.78. The average molecular weight is 184 g/mol. The summed E-state index contributed by atoms with van der Waals surface area (Å²) < 4.78 is 0. The van der Waals surface area contributed by atoms with Crippen LogP contribution in [0.25, 0.3) is 0 Å². The van der Waals surface area contributed by atoms with E-state index in [1.54, 1.807) is 0 Å². The second kappa shape index (κ2) is 3.75. The molecule has 1 aliphatic carbocycles. The summed E-state index contributed by atoms with van der Waals surface area (Å²) in [7, 11) is -1.09. The van der Waals surface area contributed by atoms with E-state index in [9.17, 15) is 5.11 Å². The molecule has 0 bridgehead atoms. The van der Waals surface area contributed by atoms with Crippen molar-refractivity contribution in [2.24, 2.45) is 5.92 Å². The van der Waals surface area contributed by atoms with Crippen LogP contribution in [0, 0.1) is 5.92 Å². The van der Waals surface area contributed by atoms with E-state index in [0.29, 0.717) is 18.1 Å². The smallest absolute Gasteiger partial charge is 0.0518 e. The summed E-state index contributed by atoms with van der Waals surface area (Å²) in [6, 6.07) is 0. The number of hydrogen-bond acceptors (Lipinski definition) is 1. The predicted octanol–water partition coefficient (Wildman–Crippen LogP) is 2.65. The standard InChI is InChI=1S/C10H20OSi/c1-12(2,3)10-7-5-4-6-9(10)8-11/h5,7,9-11H,4,6,8H2,1-3H3. The molecule has 2 heteroatoms. The quantitative estimate of drug-likeness (QED) is 0.517. The minimum atomic E-state index is -1.09. The third kappa shape index (κ3) is 2.20. The van der Waals surface area contributed by atoms with Gasteiger partial charge in [0.2, 0.25) is 0 Å². The van der Waals surface area contributed by atoms with Gasteiger partial charge in [-0.05, 0) is 24.3 Å². The Morgan fingerprint density at radius 3 is 2.50 bits per heavy atom. The van der Waals surface area contributed by atoms with Crippen LogP contribution in [0.4, 0.5) is 0 Å². The number of allylic oxidation sites excluding steroid dienone is 2. The van der Waals surface area contributed by atoms with Gasteiger partial charge in [-0.1, -0.05) is 31.8 Å². The van der Waals surface area contributed by atoms with Gasteiger partial charge in [-0.15, -0.1) is 0 Å². The van der Waals surface area contributed by atoms with E-state index in [2.05, 4.69) is 31.8 Å². The van der Waals surface area contributed by atoms with Crippen LogP contribution in [-0.4, -0.2) is 19.8 Å². The van der Waals surface area contributed by atoms with Crippen molar-refractivity contribution in [1.82, 2.24) is 0 Å². The third-order valence-corrected chi connectivity index (χ3v) is 5.45. The van der Waals surface area contributed by atoms with Crippen LogP contribution in [0.5, 0.6) is 0 Å². The Bertz CT molecular complexity index is 169. The van der Waals surface area contributed by atoms with Crippen LogP contribution in [0.2, 0.25) is 25.2 Å². The lowest BCUT2D eigenvalue weighted by Crippen LogP contribution is -2.34. The van der Waals surface area contributed by atoms with Crippen molar-refractivity contribution in [3.8, 4) is 0 Å². The molecular weight excluding hydrogens is 164 g/mol. The second-order valence-corrected chi connectivity index (χ2v) is 10.2. The number of hydrogen-bond donors (Lipinski definition) is 1. The van der Waals surface area contributed by atoms with Crippen LogP contribution >= 0.6 is 0 Å². The lowest BCUT2D eigenvalue weighted by molar-refractivity contribution is 0.216. The zero-order chi connectivity index (χ0) is 9.19. The summed E-state index contributed by atoms with van der Waals surface area (Å²) in [5, 5.41) is 9.21. The molecule has 70 valence electrons. The van der Waals surface area contributed by atoms with Crippen molar-refractivity contribution < 1.29 is 5.11 Å². The van der Waals surface area contributed by atoms with Crippen molar-refractivity contribution in [2.75, 3.05) is 6.61 Å². The zero-order valence-corrected chi connectivity index (χ0v) is 9.38. The Hall–Kier alpha value is -0.0831. The molecule has 2 atom stereocenters. The summed E-state index contributed by atoms with van der Waals surface area (Å²) in [5.41, 5.74) is 0.691. The molecule has 0 spiro atoms. The van der Waals surface area contributed by atoms with Gasteiger partial charge in [0.05, 0.1) is 8.07 Å². The Labute approximate surface area is 76.5 Å². The topological polar surface area (TPSA) is 20.2 Å². The van der Waals surface area contributed by atoms with Crippen LogP contribution in [0.3, 0.4) is 0 Å². The Morgan fingerprint density at radius 2 is 2.08 bits per heavy atom. The van der Waals surface area contributed by atoms with Crippen molar-refractivity contribution in [1.29, 1.82) is 0 Å². The second-order valence-electron chi connectivity index (χ2n) is 4.84. The molecule has 0 heterocycles. The molecule has 1 N–H and O–H groups in total. The Morgan fingerprint density at radius 1 is 1.42 bits per heavy atom. The van der Waals surface area contributed by atoms with E-state index >= 15 is 0 Å². The maximum atomic E-state index is 9.21. The first kappa shape index (κ1) is 10.0. The summed E-state index contributed by atoms with van der Waals surface area (Å²) in [5.74, 6) is 0.543. The van der Waals surface area contributed by atoms with Gasteiger partial charge >= 0.3 is 0 Å². The molecule has 12 heavy (non-hydrogen) atoms. The van der Waals surface area contributed by atoms with E-state index in [4.69, 9.17) is 0 Å². The minimum absolute atomic E-state index is 0.374. The van der Waals surface area contributed by atoms with Gasteiger partial charge < -0.3 is 5.11 Å². The van der Waals surface area contributed by atoms with Gasteiger partial charge in [-0.25, -0.2) is 0 Å². The summed E-state index contributed by atoms with van der Waals surface area (Å²) in [4.78, 5) is 0. The first-order valence-electron chi connectivity index (χ1n) is 4.83. The summed E-state index contributed by atoms with van der Waals surface area (Å²) >= 11 is 0. The van der Waals surface area contributed by atoms with E-state index < -0.39 is 8.07 Å². The molecule has 0 aromatic rings. The predicted molar refractivity (Wildman–Crippen MR) is 56.0 cm³/mol. The fourth-order valence-corrected chi connectivity index (χ4v) is 4.49. The van der Waals surface area contributed by atoms with Gasteiger partial charge in [0.15, 0.2) is 0 Å². The highest BCUT2D eigenvalue weighted by atomic mass is 28.3. The molecule has 0 radical (unpaired) electrons. The van der Waals surface area contributed by atoms with Crippen molar-refractivity contribution in [3.63, 3.8) is 0 Å². The fourth-order valence-electron chi connectivity index (χ4n) is 2.09. The molecule has 1 nitrogen and oxygen atoms in total. The van der Waals surface area contributed by atoms with Gasteiger partial charge in [-0.2, -0.15) is 0 Å². The normalized spacial score (nSPS) is 30.7. The number of aliphatic hydroxyl groups excluding tert-OH is 1. The molecule has 0 fully saturated rings. The third-order valence-electron chi connectivity index (χ3n) is 2.79. The fraction of sp³-hybridized carbons (Fsp3) is 0.800. The average Bonchev–Trinajstić information content (AvgIpc) is 2.03. The molecule has 0 aliphatic heterocycles. The Kier molecular flexibility index (Phi) is 3.13. The van der Waals surface area contributed by atoms with Crippen molar-refractivity contribution in [3.05, 3.63) is 12.2 Å². The highest BCUT2D eigenvalue weighted by Gasteiger charge is 2.32. The van der Waals surface area contributed by atoms with Crippen molar-refractivity contribution in [2.45, 2.75) is 38.0 Å². The van der Waals surface area contributed by atoms with Crippen LogP contribution in [0.1, 0.15) is 12.8 Å². The monoisotopic (exact) mass is 184 g/mol. The molecule has 0 saturated heterocycles. The minimum Gasteiger partial charge on any atom is -0.396 e. The maximum absolute atomic E-state index is 9.21. The van der Waals surface area contributed by atoms with Gasteiger partial charge in [0, 0.05) is 6.61 Å². The first-order valence-corrected chi connectivity index (χ1v) is 8.41. The molecular formula is C10H20OSi. The van der Waals surface area contributed by atoms with E-state index in [1.165, 1.54) is 6.42 Å². The van der Waals surface area contributed by atoms with Gasteiger partial charge in [0.1, 0.15) is 0 Å². The molecule has 0 saturated carbocycles. The Balaban J connectivity index is 2.71. The lowest BCUT2D eigenvalue weighted by atomic mass is 9.95. The highest BCUT2D eigenvalue weighted by Crippen LogP contribution is 2.37. The molecule has 1 aliphatic rings. The SMILES string of the molecule is C[Si](C)(C)C1C=CCCC1CO. The van der Waals surface area contributed by atoms with E-state index in [1.807, 2.05) is 0 Å². The number of aliphatic hydroxyl groups is 1. The summed E-state index contributed by atoms with van der Waals surface area (Å²) in [6.45, 7) is 7.53. The van der Waals surface area contributed by atoms with Gasteiger partial charge in [-0.3, -0.25) is 0 Å². The zero-order valence-electron chi connectivity index (χ0n) is 8.38. The molecule has 0 aromatic heterocycles. The molecule has 1 rings (SSSR count). The molecule has 0 amide bonds. The van der Waals surface area contributed by atoms with Crippen molar-refractivity contribution >= 4 is 8.07 Å². The maximum Gasteiger partial charge on any atom is 0.0518 e.